The number of carboxylic acids is 2. The highest BCUT2D eigenvalue weighted by atomic mass is 19.4. The van der Waals surface area contributed by atoms with Gasteiger partial charge in [-0.05, 0) is 99.2 Å². The fourth-order valence-electron chi connectivity index (χ4n) is 6.92. The molecule has 1 saturated carbocycles. The number of rotatable bonds is 15. The largest absolute Gasteiger partial charge is 0.508 e. The van der Waals surface area contributed by atoms with Crippen LogP contribution in [0.2, 0.25) is 0 Å². The number of phenolic OH excluding ortho intramolecular Hbond substituents is 1. The van der Waals surface area contributed by atoms with Gasteiger partial charge < -0.3 is 31.7 Å². The summed E-state index contributed by atoms with van der Waals surface area (Å²) in [4.78, 5) is 31.2. The van der Waals surface area contributed by atoms with Crippen LogP contribution in [0.1, 0.15) is 108 Å². The molecule has 2 aliphatic rings. The van der Waals surface area contributed by atoms with Gasteiger partial charge in [-0.15, -0.1) is 0 Å². The summed E-state index contributed by atoms with van der Waals surface area (Å²) in [6.45, 7) is 8.12. The molecule has 1 fully saturated rings. The molecule has 1 aromatic rings. The van der Waals surface area contributed by atoms with Crippen LogP contribution >= 0.6 is 0 Å². The molecule has 0 spiro atoms. The van der Waals surface area contributed by atoms with Crippen molar-refractivity contribution in [3.63, 3.8) is 0 Å². The van der Waals surface area contributed by atoms with Crippen molar-refractivity contribution in [1.82, 2.24) is 10.6 Å². The average molecular weight is 714 g/mol. The van der Waals surface area contributed by atoms with Gasteiger partial charge in [-0.1, -0.05) is 64.9 Å². The Hall–Kier alpha value is -3.07. The van der Waals surface area contributed by atoms with E-state index in [2.05, 4.69) is 30.5 Å². The molecule has 2 aliphatic carbocycles. The van der Waals surface area contributed by atoms with E-state index in [0.717, 1.165) is 64.7 Å². The Morgan fingerprint density at radius 1 is 0.816 bits per heavy atom. The van der Waals surface area contributed by atoms with Crippen LogP contribution in [0.15, 0.2) is 18.2 Å². The molecule has 3 atom stereocenters. The number of aliphatic carboxylic acids is 2. The first-order valence-electron chi connectivity index (χ1n) is 16.9. The van der Waals surface area contributed by atoms with E-state index in [1.807, 2.05) is 6.07 Å². The van der Waals surface area contributed by atoms with Crippen LogP contribution in [0.4, 0.5) is 26.3 Å². The van der Waals surface area contributed by atoms with Crippen molar-refractivity contribution in [2.24, 2.45) is 17.1 Å². The maximum absolute atomic E-state index is 13.4. The van der Waals surface area contributed by atoms with E-state index in [9.17, 15) is 36.2 Å². The topological polar surface area (TPSA) is 162 Å². The summed E-state index contributed by atoms with van der Waals surface area (Å²) in [6.07, 6.45) is 6.32. The quantitative estimate of drug-likeness (QED) is 0.0850. The van der Waals surface area contributed by atoms with E-state index in [-0.39, 0.29) is 16.7 Å². The van der Waals surface area contributed by atoms with Crippen molar-refractivity contribution in [2.75, 3.05) is 26.2 Å². The van der Waals surface area contributed by atoms with E-state index in [0.29, 0.717) is 11.7 Å². The summed E-state index contributed by atoms with van der Waals surface area (Å²) in [5.74, 6) is -4.63. The standard InChI is InChI=1S/C30H51N3O2.2C2HF3O2/c1-29-17-11-18-30(2,27(29)16-14-24-13-15-25(34)23-26(24)29)28(35)33-22-12-21-32-20-10-8-6-4-3-5-7-9-19-31;2*3-2(4,5)1(6)7/h13,15,23,27,32,34H,3-12,14,16-22,31H2,1-2H3,(H,33,35);2*(H,6,7)/t27-,29-,30+;;/m1../s1. The number of nitrogens with two attached hydrogens (primary N) is 1. The number of nitrogens with one attached hydrogen (secondary N) is 2. The zero-order valence-electron chi connectivity index (χ0n) is 28.4. The number of carboxylic acid groups (broad SMARTS) is 2. The molecular weight excluding hydrogens is 660 g/mol. The predicted octanol–water partition coefficient (Wildman–Crippen LogP) is 6.84. The first-order chi connectivity index (χ1) is 22.8. The number of aromatic hydroxyl groups is 1. The van der Waals surface area contributed by atoms with Crippen LogP contribution in [0.25, 0.3) is 0 Å². The van der Waals surface area contributed by atoms with Crippen LogP contribution in [-0.4, -0.2) is 71.7 Å². The van der Waals surface area contributed by atoms with Crippen molar-refractivity contribution < 1.29 is 56.0 Å². The van der Waals surface area contributed by atoms with Gasteiger partial charge in [-0.2, -0.15) is 26.3 Å². The van der Waals surface area contributed by atoms with Crippen LogP contribution in [0, 0.1) is 11.3 Å². The van der Waals surface area contributed by atoms with Gasteiger partial charge in [-0.25, -0.2) is 9.59 Å². The van der Waals surface area contributed by atoms with E-state index in [1.54, 1.807) is 6.07 Å². The molecule has 15 heteroatoms. The molecule has 0 aromatic heterocycles. The van der Waals surface area contributed by atoms with Gasteiger partial charge in [-0.3, -0.25) is 4.79 Å². The molecular formula is C34H53F6N3O6. The van der Waals surface area contributed by atoms with E-state index in [4.69, 9.17) is 25.5 Å². The number of carbonyl (C=O) groups is 3. The summed E-state index contributed by atoms with van der Waals surface area (Å²) in [5, 5.41) is 31.2. The lowest BCUT2D eigenvalue weighted by Crippen LogP contribution is -2.55. The Bertz CT molecular complexity index is 1160. The number of alkyl halides is 6. The maximum Gasteiger partial charge on any atom is 0.490 e. The van der Waals surface area contributed by atoms with Crippen LogP contribution in [0.3, 0.4) is 0 Å². The Labute approximate surface area is 284 Å². The minimum Gasteiger partial charge on any atom is -0.508 e. The van der Waals surface area contributed by atoms with Gasteiger partial charge in [0, 0.05) is 6.54 Å². The molecule has 0 aliphatic heterocycles. The number of hydrogen-bond donors (Lipinski definition) is 6. The lowest BCUT2D eigenvalue weighted by atomic mass is 9.49. The molecule has 0 saturated heterocycles. The average Bonchev–Trinajstić information content (AvgIpc) is 3.01. The molecule has 0 bridgehead atoms. The van der Waals surface area contributed by atoms with Crippen molar-refractivity contribution in [3.05, 3.63) is 29.3 Å². The van der Waals surface area contributed by atoms with Gasteiger partial charge in [0.05, 0.1) is 5.41 Å². The summed E-state index contributed by atoms with van der Waals surface area (Å²) in [6, 6.07) is 5.84. The second-order valence-electron chi connectivity index (χ2n) is 13.2. The molecule has 1 aromatic carbocycles. The maximum atomic E-state index is 13.4. The van der Waals surface area contributed by atoms with Gasteiger partial charge >= 0.3 is 24.3 Å². The molecule has 0 radical (unpaired) electrons. The predicted molar refractivity (Wildman–Crippen MR) is 173 cm³/mol. The van der Waals surface area contributed by atoms with Crippen LogP contribution in [0.5, 0.6) is 5.75 Å². The number of hydrogen-bond acceptors (Lipinski definition) is 6. The molecule has 3 rings (SSSR count). The SMILES string of the molecule is C[C@]1(C(=O)NCCCNCCCCCCCCCCN)CCC[C@]2(C)c3cc(O)ccc3CC[C@@H]12.O=C(O)C(F)(F)F.O=C(O)C(F)(F)F. The molecule has 0 unspecified atom stereocenters. The Kier molecular flexibility index (Phi) is 18.4. The van der Waals surface area contributed by atoms with Crippen LogP contribution in [-0.2, 0) is 26.2 Å². The Morgan fingerprint density at radius 2 is 1.33 bits per heavy atom. The van der Waals surface area contributed by atoms with Crippen molar-refractivity contribution in [2.45, 2.75) is 122 Å². The minimum atomic E-state index is -5.08. The molecule has 7 N–H and O–H groups in total. The van der Waals surface area contributed by atoms with E-state index < -0.39 is 24.3 Å². The second-order valence-corrected chi connectivity index (χ2v) is 13.2. The fourth-order valence-corrected chi connectivity index (χ4v) is 6.92. The monoisotopic (exact) mass is 713 g/mol. The van der Waals surface area contributed by atoms with Gasteiger partial charge in [0.15, 0.2) is 0 Å². The number of phenols is 1. The fraction of sp³-hybridized carbons (Fsp3) is 0.735. The number of amides is 1. The van der Waals surface area contributed by atoms with E-state index in [1.165, 1.54) is 62.5 Å². The first-order valence-corrected chi connectivity index (χ1v) is 16.9. The third kappa shape index (κ3) is 14.7. The van der Waals surface area contributed by atoms with E-state index >= 15 is 0 Å². The lowest BCUT2D eigenvalue weighted by Gasteiger charge is -2.54. The Balaban J connectivity index is 0.000000717. The lowest BCUT2D eigenvalue weighted by molar-refractivity contribution is -0.193. The smallest absolute Gasteiger partial charge is 0.490 e. The van der Waals surface area contributed by atoms with Crippen molar-refractivity contribution in [1.29, 1.82) is 0 Å². The molecule has 49 heavy (non-hydrogen) atoms. The number of unbranched alkanes of at least 4 members (excludes halogenated alkanes) is 7. The third-order valence-electron chi connectivity index (χ3n) is 9.47. The van der Waals surface area contributed by atoms with Crippen molar-refractivity contribution in [3.8, 4) is 5.75 Å². The number of benzene rings is 1. The van der Waals surface area contributed by atoms with Gasteiger partial charge in [0.25, 0.3) is 0 Å². The highest BCUT2D eigenvalue weighted by Gasteiger charge is 2.54. The highest BCUT2D eigenvalue weighted by Crippen LogP contribution is 2.57. The number of aryl methyl sites for hydroxylation is 1. The van der Waals surface area contributed by atoms with Crippen LogP contribution < -0.4 is 16.4 Å². The molecule has 282 valence electrons. The summed E-state index contributed by atoms with van der Waals surface area (Å²) >= 11 is 0. The minimum absolute atomic E-state index is 0.0390. The zero-order chi connectivity index (χ0) is 37.3. The number of carbonyl (C=O) groups excluding carboxylic acids is 1. The summed E-state index contributed by atoms with van der Waals surface area (Å²) in [7, 11) is 0. The summed E-state index contributed by atoms with van der Waals surface area (Å²) < 4.78 is 63.5. The highest BCUT2D eigenvalue weighted by molar-refractivity contribution is 5.83. The molecule has 0 heterocycles. The summed E-state index contributed by atoms with van der Waals surface area (Å²) in [5.41, 5.74) is 7.77. The normalized spacial score (nSPS) is 21.5. The number of halogens is 6. The zero-order valence-corrected chi connectivity index (χ0v) is 28.4. The third-order valence-corrected chi connectivity index (χ3v) is 9.47. The first kappa shape index (κ1) is 44.0. The Morgan fingerprint density at radius 3 is 1.86 bits per heavy atom. The molecule has 1 amide bonds. The van der Waals surface area contributed by atoms with Crippen molar-refractivity contribution >= 4 is 17.8 Å². The molecule has 9 nitrogen and oxygen atoms in total. The number of fused-ring (bicyclic) bond motifs is 3. The second kappa shape index (κ2) is 20.6. The van der Waals surface area contributed by atoms with Gasteiger partial charge in [0.1, 0.15) is 5.75 Å². The van der Waals surface area contributed by atoms with Gasteiger partial charge in [0.2, 0.25) is 5.91 Å².